The standard InChI is InChI=1S/C26H32N2O5S/c1-26(2,3)28(15-23(29)30)24(31)22(13-14-34-4)27-25(32)33-16-21-19-11-7-5-9-17(19)18-10-6-8-12-20(18)21/h5-12,21-22H,13-16H2,1-4H3,(H,27,32)(H,29,30). The number of amides is 2. The fourth-order valence-electron chi connectivity index (χ4n) is 4.24. The molecule has 0 spiro atoms. The minimum absolute atomic E-state index is 0.0865. The number of carbonyl (C=O) groups excluding carboxylic acids is 2. The Morgan fingerprint density at radius 2 is 1.62 bits per heavy atom. The van der Waals surface area contributed by atoms with E-state index < -0.39 is 36.1 Å². The van der Waals surface area contributed by atoms with Crippen molar-refractivity contribution in [3.8, 4) is 11.1 Å². The van der Waals surface area contributed by atoms with Gasteiger partial charge < -0.3 is 20.1 Å². The maximum atomic E-state index is 13.2. The highest BCUT2D eigenvalue weighted by molar-refractivity contribution is 7.98. The zero-order valence-electron chi connectivity index (χ0n) is 20.0. The molecule has 2 aromatic rings. The Morgan fingerprint density at radius 1 is 1.06 bits per heavy atom. The summed E-state index contributed by atoms with van der Waals surface area (Å²) >= 11 is 1.55. The molecule has 1 unspecified atom stereocenters. The molecule has 8 heteroatoms. The number of hydrogen-bond donors (Lipinski definition) is 2. The lowest BCUT2D eigenvalue weighted by atomic mass is 9.98. The Hall–Kier alpha value is -3.00. The Labute approximate surface area is 204 Å². The van der Waals surface area contributed by atoms with E-state index in [1.807, 2.05) is 42.7 Å². The van der Waals surface area contributed by atoms with Crippen molar-refractivity contribution < 1.29 is 24.2 Å². The SMILES string of the molecule is CSCCC(NC(=O)OCC1c2ccccc2-c2ccccc21)C(=O)N(CC(=O)O)C(C)(C)C. The van der Waals surface area contributed by atoms with E-state index in [1.165, 1.54) is 4.90 Å². The Bertz CT molecular complexity index is 1000. The largest absolute Gasteiger partial charge is 0.480 e. The van der Waals surface area contributed by atoms with Crippen LogP contribution in [0.4, 0.5) is 4.79 Å². The number of aliphatic carboxylic acids is 1. The van der Waals surface area contributed by atoms with Crippen LogP contribution in [0.25, 0.3) is 11.1 Å². The summed E-state index contributed by atoms with van der Waals surface area (Å²) in [5.74, 6) is -0.993. The molecule has 0 saturated heterocycles. The van der Waals surface area contributed by atoms with Crippen molar-refractivity contribution in [2.75, 3.05) is 25.2 Å². The molecular weight excluding hydrogens is 452 g/mol. The number of carboxylic acid groups (broad SMARTS) is 1. The monoisotopic (exact) mass is 484 g/mol. The van der Waals surface area contributed by atoms with E-state index in [0.29, 0.717) is 12.2 Å². The number of alkyl carbamates (subject to hydrolysis) is 1. The highest BCUT2D eigenvalue weighted by Gasteiger charge is 2.35. The van der Waals surface area contributed by atoms with Crippen molar-refractivity contribution in [3.63, 3.8) is 0 Å². The summed E-state index contributed by atoms with van der Waals surface area (Å²) < 4.78 is 5.60. The van der Waals surface area contributed by atoms with Crippen LogP contribution in [-0.4, -0.2) is 64.7 Å². The van der Waals surface area contributed by atoms with Crippen LogP contribution in [0.2, 0.25) is 0 Å². The molecule has 182 valence electrons. The molecule has 0 bridgehead atoms. The summed E-state index contributed by atoms with van der Waals surface area (Å²) in [6.45, 7) is 5.01. The summed E-state index contributed by atoms with van der Waals surface area (Å²) in [5.41, 5.74) is 3.76. The molecular formula is C26H32N2O5S. The van der Waals surface area contributed by atoms with Gasteiger partial charge in [0.15, 0.2) is 0 Å². The van der Waals surface area contributed by atoms with Crippen LogP contribution in [0.3, 0.4) is 0 Å². The lowest BCUT2D eigenvalue weighted by molar-refractivity contribution is -0.149. The quantitative estimate of drug-likeness (QED) is 0.549. The van der Waals surface area contributed by atoms with Crippen molar-refractivity contribution in [1.82, 2.24) is 10.2 Å². The number of hydrogen-bond acceptors (Lipinski definition) is 5. The number of fused-ring (bicyclic) bond motifs is 3. The van der Waals surface area contributed by atoms with Gasteiger partial charge in [-0.1, -0.05) is 48.5 Å². The third-order valence-electron chi connectivity index (χ3n) is 5.91. The first-order valence-electron chi connectivity index (χ1n) is 11.3. The van der Waals surface area contributed by atoms with Gasteiger partial charge in [0.1, 0.15) is 19.2 Å². The van der Waals surface area contributed by atoms with Crippen LogP contribution in [0.5, 0.6) is 0 Å². The number of nitrogens with one attached hydrogen (secondary N) is 1. The van der Waals surface area contributed by atoms with Crippen molar-refractivity contribution in [3.05, 3.63) is 59.7 Å². The average Bonchev–Trinajstić information content (AvgIpc) is 3.11. The van der Waals surface area contributed by atoms with Gasteiger partial charge in [0.05, 0.1) is 0 Å². The molecule has 1 atom stereocenters. The molecule has 2 N–H and O–H groups in total. The number of rotatable bonds is 9. The van der Waals surface area contributed by atoms with Gasteiger partial charge in [-0.15, -0.1) is 0 Å². The second-order valence-electron chi connectivity index (χ2n) is 9.29. The van der Waals surface area contributed by atoms with Crippen LogP contribution in [0.1, 0.15) is 44.2 Å². The number of carboxylic acids is 1. The van der Waals surface area contributed by atoms with E-state index >= 15 is 0 Å². The maximum Gasteiger partial charge on any atom is 0.407 e. The normalized spacial score (nSPS) is 13.5. The Balaban J connectivity index is 1.72. The number of nitrogens with zero attached hydrogens (tertiary/aromatic N) is 1. The number of thioether (sulfide) groups is 1. The van der Waals surface area contributed by atoms with Crippen LogP contribution in [-0.2, 0) is 14.3 Å². The lowest BCUT2D eigenvalue weighted by Crippen LogP contribution is -2.56. The predicted octanol–water partition coefficient (Wildman–Crippen LogP) is 4.36. The zero-order valence-corrected chi connectivity index (χ0v) is 20.9. The maximum absolute atomic E-state index is 13.2. The van der Waals surface area contributed by atoms with E-state index in [4.69, 9.17) is 4.74 Å². The van der Waals surface area contributed by atoms with Gasteiger partial charge in [-0.05, 0) is 61.5 Å². The van der Waals surface area contributed by atoms with E-state index in [9.17, 15) is 19.5 Å². The van der Waals surface area contributed by atoms with E-state index in [2.05, 4.69) is 17.4 Å². The fraction of sp³-hybridized carbons (Fsp3) is 0.423. The molecule has 7 nitrogen and oxygen atoms in total. The summed E-state index contributed by atoms with van der Waals surface area (Å²) in [6.07, 6.45) is 1.59. The molecule has 3 rings (SSSR count). The molecule has 1 aliphatic carbocycles. The highest BCUT2D eigenvalue weighted by Crippen LogP contribution is 2.44. The van der Waals surface area contributed by atoms with Crippen molar-refractivity contribution in [2.24, 2.45) is 0 Å². The first-order valence-corrected chi connectivity index (χ1v) is 12.7. The second kappa shape index (κ2) is 11.0. The van der Waals surface area contributed by atoms with Crippen molar-refractivity contribution in [1.29, 1.82) is 0 Å². The molecule has 0 aromatic heterocycles. The fourth-order valence-corrected chi connectivity index (χ4v) is 4.72. The summed E-state index contributed by atoms with van der Waals surface area (Å²) in [7, 11) is 0. The van der Waals surface area contributed by atoms with Crippen LogP contribution in [0, 0.1) is 0 Å². The van der Waals surface area contributed by atoms with Crippen molar-refractivity contribution in [2.45, 2.75) is 44.7 Å². The molecule has 0 saturated carbocycles. The van der Waals surface area contributed by atoms with Gasteiger partial charge >= 0.3 is 12.1 Å². The van der Waals surface area contributed by atoms with Gasteiger partial charge in [0, 0.05) is 11.5 Å². The predicted molar refractivity (Wildman–Crippen MR) is 134 cm³/mol. The van der Waals surface area contributed by atoms with E-state index in [1.54, 1.807) is 32.5 Å². The summed E-state index contributed by atoms with van der Waals surface area (Å²) in [4.78, 5) is 38.6. The number of ether oxygens (including phenoxy) is 1. The lowest BCUT2D eigenvalue weighted by Gasteiger charge is -2.37. The van der Waals surface area contributed by atoms with Crippen LogP contribution >= 0.6 is 11.8 Å². The second-order valence-corrected chi connectivity index (χ2v) is 10.3. The smallest absolute Gasteiger partial charge is 0.407 e. The molecule has 34 heavy (non-hydrogen) atoms. The van der Waals surface area contributed by atoms with Gasteiger partial charge in [-0.3, -0.25) is 9.59 Å². The van der Waals surface area contributed by atoms with E-state index in [-0.39, 0.29) is 12.5 Å². The molecule has 1 aliphatic rings. The number of carbonyl (C=O) groups is 3. The third kappa shape index (κ3) is 5.91. The van der Waals surface area contributed by atoms with Gasteiger partial charge in [0.2, 0.25) is 5.91 Å². The zero-order chi connectivity index (χ0) is 24.9. The van der Waals surface area contributed by atoms with E-state index in [0.717, 1.165) is 22.3 Å². The van der Waals surface area contributed by atoms with Crippen LogP contribution < -0.4 is 5.32 Å². The summed E-state index contributed by atoms with van der Waals surface area (Å²) in [6, 6.07) is 15.3. The molecule has 0 radical (unpaired) electrons. The molecule has 2 amide bonds. The molecule has 0 fully saturated rings. The topological polar surface area (TPSA) is 95.9 Å². The highest BCUT2D eigenvalue weighted by atomic mass is 32.2. The molecule has 2 aromatic carbocycles. The minimum atomic E-state index is -1.10. The minimum Gasteiger partial charge on any atom is -0.480 e. The third-order valence-corrected chi connectivity index (χ3v) is 6.56. The number of benzene rings is 2. The first-order chi connectivity index (χ1) is 16.1. The Kier molecular flexibility index (Phi) is 8.25. The van der Waals surface area contributed by atoms with Crippen molar-refractivity contribution >= 4 is 29.7 Å². The Morgan fingerprint density at radius 3 is 2.12 bits per heavy atom. The van der Waals surface area contributed by atoms with Crippen LogP contribution in [0.15, 0.2) is 48.5 Å². The molecule has 0 heterocycles. The average molecular weight is 485 g/mol. The van der Waals surface area contributed by atoms with Gasteiger partial charge in [-0.2, -0.15) is 11.8 Å². The van der Waals surface area contributed by atoms with Gasteiger partial charge in [0.25, 0.3) is 0 Å². The van der Waals surface area contributed by atoms with Gasteiger partial charge in [-0.25, -0.2) is 4.79 Å². The summed E-state index contributed by atoms with van der Waals surface area (Å²) in [5, 5.41) is 12.0. The first kappa shape index (κ1) is 25.6. The molecule has 0 aliphatic heterocycles.